The summed E-state index contributed by atoms with van der Waals surface area (Å²) in [5, 5.41) is 0. The topological polar surface area (TPSA) is 18.5 Å². The molecule has 0 saturated carbocycles. The molecule has 0 fully saturated rings. The fourth-order valence-electron chi connectivity index (χ4n) is 1.71. The summed E-state index contributed by atoms with van der Waals surface area (Å²) in [6, 6.07) is 16.1. The van der Waals surface area contributed by atoms with E-state index in [1.807, 2.05) is 48.5 Å². The molecular formula is C16H16Br2O2. The van der Waals surface area contributed by atoms with E-state index in [1.54, 1.807) is 0 Å². The van der Waals surface area contributed by atoms with E-state index < -0.39 is 0 Å². The molecule has 0 atom stereocenters. The lowest BCUT2D eigenvalue weighted by Gasteiger charge is -2.08. The molecule has 0 aromatic heterocycles. The Bertz CT molecular complexity index is 494. The Morgan fingerprint density at radius 3 is 1.45 bits per heavy atom. The highest BCUT2D eigenvalue weighted by Gasteiger charge is 2.00. The summed E-state index contributed by atoms with van der Waals surface area (Å²) in [6.45, 7) is 2.37. The van der Waals surface area contributed by atoms with E-state index in [2.05, 4.69) is 31.9 Å². The monoisotopic (exact) mass is 398 g/mol. The molecule has 0 aliphatic heterocycles. The molecule has 0 aliphatic rings. The first-order valence-electron chi connectivity index (χ1n) is 6.39. The van der Waals surface area contributed by atoms with E-state index in [0.717, 1.165) is 20.1 Å². The van der Waals surface area contributed by atoms with Gasteiger partial charge in [0.15, 0.2) is 0 Å². The van der Waals surface area contributed by atoms with Crippen molar-refractivity contribution in [3.8, 4) is 0 Å². The Morgan fingerprint density at radius 1 is 0.650 bits per heavy atom. The van der Waals surface area contributed by atoms with Crippen molar-refractivity contribution >= 4 is 31.9 Å². The summed E-state index contributed by atoms with van der Waals surface area (Å²) in [6.07, 6.45) is 0. The van der Waals surface area contributed by atoms with Gasteiger partial charge < -0.3 is 9.47 Å². The van der Waals surface area contributed by atoms with Gasteiger partial charge >= 0.3 is 0 Å². The van der Waals surface area contributed by atoms with Gasteiger partial charge in [-0.1, -0.05) is 68.3 Å². The minimum absolute atomic E-state index is 0.589. The number of ether oxygens (including phenoxy) is 2. The van der Waals surface area contributed by atoms with Crippen LogP contribution in [-0.2, 0) is 22.7 Å². The molecule has 0 radical (unpaired) electrons. The molecule has 0 unspecified atom stereocenters. The van der Waals surface area contributed by atoms with Crippen molar-refractivity contribution in [1.29, 1.82) is 0 Å². The second-order valence-corrected chi connectivity index (χ2v) is 6.00. The van der Waals surface area contributed by atoms with Gasteiger partial charge in [0.2, 0.25) is 0 Å². The largest absolute Gasteiger partial charge is 0.374 e. The molecule has 2 aromatic carbocycles. The van der Waals surface area contributed by atoms with E-state index in [4.69, 9.17) is 9.47 Å². The zero-order valence-electron chi connectivity index (χ0n) is 11.0. The fraction of sp³-hybridized carbons (Fsp3) is 0.250. The smallest absolute Gasteiger partial charge is 0.0728 e. The van der Waals surface area contributed by atoms with Gasteiger partial charge in [0.1, 0.15) is 0 Å². The molecule has 2 rings (SSSR count). The van der Waals surface area contributed by atoms with Crippen LogP contribution in [0.25, 0.3) is 0 Å². The summed E-state index contributed by atoms with van der Waals surface area (Å²) in [7, 11) is 0. The van der Waals surface area contributed by atoms with Crippen LogP contribution in [0.5, 0.6) is 0 Å². The first-order valence-corrected chi connectivity index (χ1v) is 7.98. The average molecular weight is 400 g/mol. The maximum absolute atomic E-state index is 5.60. The zero-order valence-corrected chi connectivity index (χ0v) is 14.2. The van der Waals surface area contributed by atoms with Crippen molar-refractivity contribution in [2.24, 2.45) is 0 Å². The Morgan fingerprint density at radius 2 is 1.05 bits per heavy atom. The number of hydrogen-bond donors (Lipinski definition) is 0. The molecule has 0 aliphatic carbocycles. The van der Waals surface area contributed by atoms with E-state index in [0.29, 0.717) is 26.4 Å². The van der Waals surface area contributed by atoms with Crippen molar-refractivity contribution in [2.75, 3.05) is 13.2 Å². The number of rotatable bonds is 7. The number of hydrogen-bond acceptors (Lipinski definition) is 2. The van der Waals surface area contributed by atoms with Gasteiger partial charge in [-0.3, -0.25) is 0 Å². The summed E-state index contributed by atoms with van der Waals surface area (Å²) in [5.74, 6) is 0. The first kappa shape index (κ1) is 15.7. The van der Waals surface area contributed by atoms with E-state index in [1.165, 1.54) is 0 Å². The summed E-state index contributed by atoms with van der Waals surface area (Å²) < 4.78 is 13.4. The van der Waals surface area contributed by atoms with Crippen molar-refractivity contribution in [3.63, 3.8) is 0 Å². The minimum Gasteiger partial charge on any atom is -0.374 e. The highest BCUT2D eigenvalue weighted by atomic mass is 79.9. The average Bonchev–Trinajstić information content (AvgIpc) is 2.46. The Kier molecular flexibility index (Phi) is 6.73. The maximum atomic E-state index is 5.60. The second-order valence-electron chi connectivity index (χ2n) is 4.29. The highest BCUT2D eigenvalue weighted by Crippen LogP contribution is 2.17. The zero-order chi connectivity index (χ0) is 14.2. The van der Waals surface area contributed by atoms with Crippen LogP contribution in [0.2, 0.25) is 0 Å². The fourth-order valence-corrected chi connectivity index (χ4v) is 2.51. The Labute approximate surface area is 136 Å². The minimum atomic E-state index is 0.589. The van der Waals surface area contributed by atoms with Gasteiger partial charge in [0.05, 0.1) is 26.4 Å². The standard InChI is InChI=1S/C16H16Br2O2/c17-15-7-3-1-5-13(15)11-19-9-10-20-12-14-6-2-4-8-16(14)18/h1-8H,9-12H2. The van der Waals surface area contributed by atoms with E-state index in [9.17, 15) is 0 Å². The van der Waals surface area contributed by atoms with Gasteiger partial charge in [-0.15, -0.1) is 0 Å². The second kappa shape index (κ2) is 8.57. The SMILES string of the molecule is Brc1ccccc1COCCOCc1ccccc1Br. The summed E-state index contributed by atoms with van der Waals surface area (Å²) in [4.78, 5) is 0. The quantitative estimate of drug-likeness (QED) is 0.613. The summed E-state index contributed by atoms with van der Waals surface area (Å²) >= 11 is 7.00. The van der Waals surface area contributed by atoms with E-state index >= 15 is 0 Å². The van der Waals surface area contributed by atoms with Crippen LogP contribution in [0, 0.1) is 0 Å². The molecule has 0 saturated heterocycles. The highest BCUT2D eigenvalue weighted by molar-refractivity contribution is 9.10. The molecule has 0 amide bonds. The first-order chi connectivity index (χ1) is 9.77. The van der Waals surface area contributed by atoms with Crippen LogP contribution in [-0.4, -0.2) is 13.2 Å². The van der Waals surface area contributed by atoms with Crippen molar-refractivity contribution in [2.45, 2.75) is 13.2 Å². The van der Waals surface area contributed by atoms with Gasteiger partial charge in [0, 0.05) is 8.95 Å². The van der Waals surface area contributed by atoms with Gasteiger partial charge in [-0.05, 0) is 23.3 Å². The normalized spacial score (nSPS) is 10.7. The van der Waals surface area contributed by atoms with Gasteiger partial charge in [-0.25, -0.2) is 0 Å². The Hall–Kier alpha value is -0.680. The van der Waals surface area contributed by atoms with Crippen LogP contribution >= 0.6 is 31.9 Å². The van der Waals surface area contributed by atoms with Gasteiger partial charge in [0.25, 0.3) is 0 Å². The maximum Gasteiger partial charge on any atom is 0.0728 e. The predicted molar refractivity (Wildman–Crippen MR) is 87.6 cm³/mol. The van der Waals surface area contributed by atoms with Crippen molar-refractivity contribution in [1.82, 2.24) is 0 Å². The van der Waals surface area contributed by atoms with Crippen LogP contribution in [0.3, 0.4) is 0 Å². The molecule has 0 heterocycles. The number of halogens is 2. The van der Waals surface area contributed by atoms with Gasteiger partial charge in [-0.2, -0.15) is 0 Å². The van der Waals surface area contributed by atoms with Crippen LogP contribution in [0.4, 0.5) is 0 Å². The van der Waals surface area contributed by atoms with Crippen LogP contribution in [0.1, 0.15) is 11.1 Å². The predicted octanol–water partition coefficient (Wildman–Crippen LogP) is 4.95. The third-order valence-electron chi connectivity index (χ3n) is 2.80. The molecule has 4 heteroatoms. The van der Waals surface area contributed by atoms with Crippen LogP contribution < -0.4 is 0 Å². The summed E-state index contributed by atoms with van der Waals surface area (Å²) in [5.41, 5.74) is 2.30. The molecule has 0 N–H and O–H groups in total. The van der Waals surface area contributed by atoms with E-state index in [-0.39, 0.29) is 0 Å². The molecule has 106 valence electrons. The third-order valence-corrected chi connectivity index (χ3v) is 4.35. The lowest BCUT2D eigenvalue weighted by Crippen LogP contribution is -2.05. The molecule has 20 heavy (non-hydrogen) atoms. The van der Waals surface area contributed by atoms with Crippen LogP contribution in [0.15, 0.2) is 57.5 Å². The molecule has 2 aromatic rings. The lowest BCUT2D eigenvalue weighted by molar-refractivity contribution is 0.0335. The lowest BCUT2D eigenvalue weighted by atomic mass is 10.2. The van der Waals surface area contributed by atoms with Crippen molar-refractivity contribution in [3.05, 3.63) is 68.6 Å². The van der Waals surface area contributed by atoms with Crippen molar-refractivity contribution < 1.29 is 9.47 Å². The molecular weight excluding hydrogens is 384 g/mol. The third kappa shape index (κ3) is 5.02. The molecule has 0 bridgehead atoms. The molecule has 0 spiro atoms. The molecule has 2 nitrogen and oxygen atoms in total. The Balaban J connectivity index is 1.63. The number of benzene rings is 2.